The molecule has 3 N–H and O–H groups in total. The molecule has 2 aromatic rings. The summed E-state index contributed by atoms with van der Waals surface area (Å²) in [5, 5.41) is 6.76. The van der Waals surface area contributed by atoms with Crippen molar-refractivity contribution in [2.24, 2.45) is 0 Å². The van der Waals surface area contributed by atoms with Crippen LogP contribution in [0.2, 0.25) is 0 Å². The topological polar surface area (TPSA) is 52.7 Å². The van der Waals surface area contributed by atoms with Crippen molar-refractivity contribution in [2.75, 3.05) is 19.6 Å². The number of nitrogens with one attached hydrogen (secondary N) is 3. The number of aromatic amines is 1. The fraction of sp³-hybridized carbons (Fsp3) is 0.462. The molecule has 0 saturated carbocycles. The van der Waals surface area contributed by atoms with Gasteiger partial charge in [0.1, 0.15) is 0 Å². The molecule has 0 aliphatic carbocycles. The summed E-state index contributed by atoms with van der Waals surface area (Å²) in [4.78, 5) is 7.34. The largest absolute Gasteiger partial charge is 0.345 e. The van der Waals surface area contributed by atoms with Crippen LogP contribution in [0.5, 0.6) is 0 Å². The molecular formula is C13H20N4. The molecular weight excluding hydrogens is 212 g/mol. The Hall–Kier alpha value is -1.39. The molecule has 0 aliphatic heterocycles. The number of H-pyrrole nitrogens is 1. The predicted octanol–water partition coefficient (Wildman–Crippen LogP) is 1.65. The van der Waals surface area contributed by atoms with E-state index in [0.29, 0.717) is 0 Å². The third-order valence-corrected chi connectivity index (χ3v) is 2.77. The maximum atomic E-state index is 4.21. The fourth-order valence-corrected chi connectivity index (χ4v) is 1.84. The summed E-state index contributed by atoms with van der Waals surface area (Å²) in [6.45, 7) is 6.24. The van der Waals surface area contributed by atoms with Gasteiger partial charge in [-0.3, -0.25) is 0 Å². The molecule has 0 radical (unpaired) electrons. The second-order valence-corrected chi connectivity index (χ2v) is 4.14. The lowest BCUT2D eigenvalue weighted by molar-refractivity contribution is 0.606. The number of hydrogen-bond donors (Lipinski definition) is 3. The summed E-state index contributed by atoms with van der Waals surface area (Å²) in [7, 11) is 0. The van der Waals surface area contributed by atoms with Crippen molar-refractivity contribution in [3.05, 3.63) is 30.1 Å². The summed E-state index contributed by atoms with van der Waals surface area (Å²) >= 11 is 0. The first-order chi connectivity index (χ1) is 8.40. The van der Waals surface area contributed by atoms with Gasteiger partial charge in [0.15, 0.2) is 0 Å². The van der Waals surface area contributed by atoms with Crippen molar-refractivity contribution in [3.63, 3.8) is 0 Å². The number of rotatable bonds is 7. The van der Waals surface area contributed by atoms with Gasteiger partial charge in [-0.1, -0.05) is 13.0 Å². The predicted molar refractivity (Wildman–Crippen MR) is 71.0 cm³/mol. The minimum absolute atomic E-state index is 0.918. The van der Waals surface area contributed by atoms with E-state index in [2.05, 4.69) is 45.7 Å². The van der Waals surface area contributed by atoms with E-state index in [-0.39, 0.29) is 0 Å². The molecule has 4 heteroatoms. The summed E-state index contributed by atoms with van der Waals surface area (Å²) in [6, 6.07) is 6.33. The highest BCUT2D eigenvalue weighted by molar-refractivity contribution is 5.74. The summed E-state index contributed by atoms with van der Waals surface area (Å²) in [5.74, 6) is 0. The monoisotopic (exact) mass is 232 g/mol. The first kappa shape index (κ1) is 12.1. The Balaban J connectivity index is 1.75. The lowest BCUT2D eigenvalue weighted by atomic mass is 10.2. The van der Waals surface area contributed by atoms with Crippen molar-refractivity contribution >= 4 is 11.0 Å². The molecule has 4 nitrogen and oxygen atoms in total. The number of nitrogens with zero attached hydrogens (tertiary/aromatic N) is 1. The Labute approximate surface area is 102 Å². The zero-order chi connectivity index (χ0) is 11.9. The molecule has 0 fully saturated rings. The first-order valence-corrected chi connectivity index (χ1v) is 6.23. The number of hydrogen-bond acceptors (Lipinski definition) is 3. The highest BCUT2D eigenvalue weighted by Crippen LogP contribution is 2.11. The maximum absolute atomic E-state index is 4.21. The third-order valence-electron chi connectivity index (χ3n) is 2.77. The van der Waals surface area contributed by atoms with E-state index in [4.69, 9.17) is 0 Å². The molecule has 0 bridgehead atoms. The summed E-state index contributed by atoms with van der Waals surface area (Å²) in [5.41, 5.74) is 3.43. The van der Waals surface area contributed by atoms with Crippen LogP contribution in [0, 0.1) is 0 Å². The molecule has 1 aromatic heterocycles. The Morgan fingerprint density at radius 1 is 1.24 bits per heavy atom. The van der Waals surface area contributed by atoms with Gasteiger partial charge in [-0.25, -0.2) is 4.98 Å². The lowest BCUT2D eigenvalue weighted by Crippen LogP contribution is -2.21. The molecule has 1 aromatic carbocycles. The standard InChI is InChI=1S/C13H20N4/c1-2-14-6-3-7-15-9-11-4-5-12-13(8-11)17-10-16-12/h4-5,8,10,14-15H,2-3,6-7,9H2,1H3,(H,16,17). The minimum Gasteiger partial charge on any atom is -0.345 e. The molecule has 0 atom stereocenters. The second-order valence-electron chi connectivity index (χ2n) is 4.14. The normalized spacial score (nSPS) is 11.1. The van der Waals surface area contributed by atoms with Crippen LogP contribution in [-0.4, -0.2) is 29.6 Å². The lowest BCUT2D eigenvalue weighted by Gasteiger charge is -2.05. The van der Waals surface area contributed by atoms with E-state index in [0.717, 1.165) is 37.2 Å². The van der Waals surface area contributed by atoms with Gasteiger partial charge in [0, 0.05) is 6.54 Å². The third kappa shape index (κ3) is 3.54. The summed E-state index contributed by atoms with van der Waals surface area (Å²) < 4.78 is 0. The second kappa shape index (κ2) is 6.37. The van der Waals surface area contributed by atoms with E-state index in [1.165, 1.54) is 12.0 Å². The highest BCUT2D eigenvalue weighted by Gasteiger charge is 1.97. The molecule has 0 spiro atoms. The van der Waals surface area contributed by atoms with E-state index in [9.17, 15) is 0 Å². The first-order valence-electron chi connectivity index (χ1n) is 6.23. The molecule has 0 aliphatic rings. The number of benzene rings is 1. The molecule has 0 unspecified atom stereocenters. The average molecular weight is 232 g/mol. The SMILES string of the molecule is CCNCCCNCc1ccc2nc[nH]c2c1. The van der Waals surface area contributed by atoms with Crippen molar-refractivity contribution in [1.82, 2.24) is 20.6 Å². The van der Waals surface area contributed by atoms with Gasteiger partial charge in [0.05, 0.1) is 17.4 Å². The molecule has 1 heterocycles. The van der Waals surface area contributed by atoms with Crippen LogP contribution in [0.25, 0.3) is 11.0 Å². The average Bonchev–Trinajstić information content (AvgIpc) is 2.81. The van der Waals surface area contributed by atoms with E-state index in [1.807, 2.05) is 0 Å². The van der Waals surface area contributed by atoms with Crippen LogP contribution in [0.4, 0.5) is 0 Å². The van der Waals surface area contributed by atoms with Gasteiger partial charge >= 0.3 is 0 Å². The molecule has 2 rings (SSSR count). The van der Waals surface area contributed by atoms with Gasteiger partial charge in [-0.2, -0.15) is 0 Å². The van der Waals surface area contributed by atoms with Crippen molar-refractivity contribution in [3.8, 4) is 0 Å². The number of fused-ring (bicyclic) bond motifs is 1. The fourth-order valence-electron chi connectivity index (χ4n) is 1.84. The minimum atomic E-state index is 0.918. The van der Waals surface area contributed by atoms with Crippen LogP contribution >= 0.6 is 0 Å². The smallest absolute Gasteiger partial charge is 0.0931 e. The van der Waals surface area contributed by atoms with Crippen molar-refractivity contribution < 1.29 is 0 Å². The number of imidazole rings is 1. The van der Waals surface area contributed by atoms with Gasteiger partial charge in [-0.15, -0.1) is 0 Å². The van der Waals surface area contributed by atoms with E-state index in [1.54, 1.807) is 6.33 Å². The highest BCUT2D eigenvalue weighted by atomic mass is 14.9. The van der Waals surface area contributed by atoms with Crippen LogP contribution in [0.15, 0.2) is 24.5 Å². The van der Waals surface area contributed by atoms with Crippen molar-refractivity contribution in [1.29, 1.82) is 0 Å². The molecule has 0 saturated heterocycles. The van der Waals surface area contributed by atoms with Gasteiger partial charge in [0.2, 0.25) is 0 Å². The summed E-state index contributed by atoms with van der Waals surface area (Å²) in [6.07, 6.45) is 2.90. The zero-order valence-electron chi connectivity index (χ0n) is 10.3. The van der Waals surface area contributed by atoms with Gasteiger partial charge in [-0.05, 0) is 43.8 Å². The zero-order valence-corrected chi connectivity index (χ0v) is 10.3. The Kier molecular flexibility index (Phi) is 4.53. The van der Waals surface area contributed by atoms with Gasteiger partial charge in [0.25, 0.3) is 0 Å². The van der Waals surface area contributed by atoms with Crippen LogP contribution in [-0.2, 0) is 6.54 Å². The van der Waals surface area contributed by atoms with Crippen LogP contribution in [0.3, 0.4) is 0 Å². The Morgan fingerprint density at radius 3 is 3.00 bits per heavy atom. The Bertz CT molecular complexity index is 449. The maximum Gasteiger partial charge on any atom is 0.0931 e. The van der Waals surface area contributed by atoms with Crippen LogP contribution in [0.1, 0.15) is 18.9 Å². The van der Waals surface area contributed by atoms with Crippen LogP contribution < -0.4 is 10.6 Å². The molecule has 17 heavy (non-hydrogen) atoms. The van der Waals surface area contributed by atoms with E-state index < -0.39 is 0 Å². The Morgan fingerprint density at radius 2 is 2.12 bits per heavy atom. The van der Waals surface area contributed by atoms with E-state index >= 15 is 0 Å². The van der Waals surface area contributed by atoms with Crippen molar-refractivity contribution in [2.45, 2.75) is 19.9 Å². The molecule has 0 amide bonds. The molecule has 92 valence electrons. The number of aromatic nitrogens is 2. The van der Waals surface area contributed by atoms with Gasteiger partial charge < -0.3 is 15.6 Å². The quantitative estimate of drug-likeness (QED) is 0.636.